The minimum absolute atomic E-state index is 0.139. The molecule has 5 nitrogen and oxygen atoms in total. The van der Waals surface area contributed by atoms with E-state index < -0.39 is 5.97 Å². The summed E-state index contributed by atoms with van der Waals surface area (Å²) in [6.07, 6.45) is 1.96. The van der Waals surface area contributed by atoms with E-state index in [1.54, 1.807) is 0 Å². The van der Waals surface area contributed by atoms with Gasteiger partial charge in [-0.25, -0.2) is 9.78 Å². The van der Waals surface area contributed by atoms with Crippen molar-refractivity contribution in [3.63, 3.8) is 0 Å². The highest BCUT2D eigenvalue weighted by molar-refractivity contribution is 6.29. The van der Waals surface area contributed by atoms with Crippen LogP contribution in [0, 0.1) is 5.41 Å². The molecule has 1 aliphatic rings. The smallest absolute Gasteiger partial charge is 0.335 e. The lowest BCUT2D eigenvalue weighted by molar-refractivity contribution is 0.0300. The Morgan fingerprint density at radius 1 is 1.53 bits per heavy atom. The number of aromatic carboxylic acids is 1. The molecule has 0 atom stereocenters. The summed E-state index contributed by atoms with van der Waals surface area (Å²) in [7, 11) is 0. The molecule has 0 aliphatic carbocycles. The van der Waals surface area contributed by atoms with E-state index in [0.29, 0.717) is 5.82 Å². The number of pyridine rings is 1. The van der Waals surface area contributed by atoms with Crippen LogP contribution in [0.3, 0.4) is 0 Å². The first kappa shape index (κ1) is 14.1. The highest BCUT2D eigenvalue weighted by Gasteiger charge is 2.27. The Hall–Kier alpha value is -1.33. The van der Waals surface area contributed by atoms with Gasteiger partial charge in [0.25, 0.3) is 0 Å². The standard InChI is InChI=1S/C13H17ClN2O3/c1-13(2-4-19-5-3-13)8-15-11-7-9(12(17)18)6-10(14)16-11/h6-7H,2-5,8H2,1H3,(H,15,16)(H,17,18). The van der Waals surface area contributed by atoms with Gasteiger partial charge in [-0.2, -0.15) is 0 Å². The number of anilines is 1. The number of halogens is 1. The monoisotopic (exact) mass is 284 g/mol. The van der Waals surface area contributed by atoms with Crippen molar-refractivity contribution in [2.45, 2.75) is 19.8 Å². The van der Waals surface area contributed by atoms with Crippen LogP contribution in [0.4, 0.5) is 5.82 Å². The quantitative estimate of drug-likeness (QED) is 0.832. The lowest BCUT2D eigenvalue weighted by Gasteiger charge is -2.33. The number of ether oxygens (including phenoxy) is 1. The SMILES string of the molecule is CC1(CNc2cc(C(=O)O)cc(Cl)n2)CCOCC1. The van der Waals surface area contributed by atoms with Crippen molar-refractivity contribution in [3.05, 3.63) is 22.8 Å². The first-order chi connectivity index (χ1) is 8.98. The lowest BCUT2D eigenvalue weighted by Crippen LogP contribution is -2.33. The van der Waals surface area contributed by atoms with Gasteiger partial charge in [-0.1, -0.05) is 18.5 Å². The van der Waals surface area contributed by atoms with Gasteiger partial charge in [-0.05, 0) is 30.4 Å². The molecule has 6 heteroatoms. The van der Waals surface area contributed by atoms with Gasteiger partial charge in [0.05, 0.1) is 5.56 Å². The Bertz CT molecular complexity index is 473. The first-order valence-electron chi connectivity index (χ1n) is 6.21. The fourth-order valence-electron chi connectivity index (χ4n) is 2.06. The molecule has 104 valence electrons. The minimum atomic E-state index is -1.01. The predicted molar refractivity (Wildman–Crippen MR) is 72.9 cm³/mol. The maximum Gasteiger partial charge on any atom is 0.335 e. The highest BCUT2D eigenvalue weighted by atomic mass is 35.5. The molecule has 1 aromatic rings. The number of carboxylic acids is 1. The number of nitrogens with one attached hydrogen (secondary N) is 1. The lowest BCUT2D eigenvalue weighted by atomic mass is 9.82. The fourth-order valence-corrected chi connectivity index (χ4v) is 2.26. The summed E-state index contributed by atoms with van der Waals surface area (Å²) in [4.78, 5) is 15.0. The summed E-state index contributed by atoms with van der Waals surface area (Å²) in [6, 6.07) is 2.84. The van der Waals surface area contributed by atoms with Crippen LogP contribution in [0.15, 0.2) is 12.1 Å². The second-order valence-electron chi connectivity index (χ2n) is 5.15. The van der Waals surface area contributed by atoms with Crippen molar-refractivity contribution >= 4 is 23.4 Å². The summed E-state index contributed by atoms with van der Waals surface area (Å²) in [5, 5.41) is 12.3. The second-order valence-corrected chi connectivity index (χ2v) is 5.53. The summed E-state index contributed by atoms with van der Waals surface area (Å²) in [6.45, 7) is 4.44. The topological polar surface area (TPSA) is 71.5 Å². The van der Waals surface area contributed by atoms with E-state index >= 15 is 0 Å². The number of rotatable bonds is 4. The third kappa shape index (κ3) is 3.81. The van der Waals surface area contributed by atoms with Crippen molar-refractivity contribution in [2.75, 3.05) is 25.1 Å². The van der Waals surface area contributed by atoms with E-state index in [0.717, 1.165) is 32.6 Å². The molecule has 1 saturated heterocycles. The average Bonchev–Trinajstić information content (AvgIpc) is 2.37. The molecule has 2 heterocycles. The largest absolute Gasteiger partial charge is 0.478 e. The molecule has 0 bridgehead atoms. The molecular weight excluding hydrogens is 268 g/mol. The molecule has 19 heavy (non-hydrogen) atoms. The van der Waals surface area contributed by atoms with Crippen molar-refractivity contribution < 1.29 is 14.6 Å². The number of nitrogens with zero attached hydrogens (tertiary/aromatic N) is 1. The van der Waals surface area contributed by atoms with E-state index in [1.807, 2.05) is 0 Å². The van der Waals surface area contributed by atoms with Crippen LogP contribution in [0.2, 0.25) is 5.15 Å². The van der Waals surface area contributed by atoms with Crippen molar-refractivity contribution in [1.29, 1.82) is 0 Å². The summed E-state index contributed by atoms with van der Waals surface area (Å²) in [5.74, 6) is -0.512. The van der Waals surface area contributed by atoms with Crippen LogP contribution in [0.1, 0.15) is 30.1 Å². The number of hydrogen-bond acceptors (Lipinski definition) is 4. The van der Waals surface area contributed by atoms with E-state index in [4.69, 9.17) is 21.4 Å². The van der Waals surface area contributed by atoms with Crippen LogP contribution in [0.25, 0.3) is 0 Å². The number of aromatic nitrogens is 1. The maximum absolute atomic E-state index is 10.9. The predicted octanol–water partition coefficient (Wildman–Crippen LogP) is 2.66. The van der Waals surface area contributed by atoms with Gasteiger partial charge in [0.15, 0.2) is 0 Å². The van der Waals surface area contributed by atoms with Crippen LogP contribution in [-0.2, 0) is 4.74 Å². The summed E-state index contributed by atoms with van der Waals surface area (Å²) in [5.41, 5.74) is 0.283. The van der Waals surface area contributed by atoms with Gasteiger partial charge in [-0.15, -0.1) is 0 Å². The number of hydrogen-bond donors (Lipinski definition) is 2. The van der Waals surface area contributed by atoms with Crippen LogP contribution in [0.5, 0.6) is 0 Å². The van der Waals surface area contributed by atoms with Gasteiger partial charge in [-0.3, -0.25) is 0 Å². The molecule has 0 radical (unpaired) electrons. The molecule has 0 unspecified atom stereocenters. The van der Waals surface area contributed by atoms with Crippen molar-refractivity contribution in [2.24, 2.45) is 5.41 Å². The van der Waals surface area contributed by atoms with Crippen LogP contribution < -0.4 is 5.32 Å². The third-order valence-corrected chi connectivity index (χ3v) is 3.63. The van der Waals surface area contributed by atoms with E-state index in [2.05, 4.69) is 17.2 Å². The molecular formula is C13H17ClN2O3. The maximum atomic E-state index is 10.9. The van der Waals surface area contributed by atoms with Gasteiger partial charge in [0.1, 0.15) is 11.0 Å². The van der Waals surface area contributed by atoms with Gasteiger partial charge in [0, 0.05) is 19.8 Å². The van der Waals surface area contributed by atoms with E-state index in [9.17, 15) is 4.79 Å². The highest BCUT2D eigenvalue weighted by Crippen LogP contribution is 2.30. The van der Waals surface area contributed by atoms with Crippen molar-refractivity contribution in [1.82, 2.24) is 4.98 Å². The van der Waals surface area contributed by atoms with Gasteiger partial charge >= 0.3 is 5.97 Å². The molecule has 0 saturated carbocycles. The molecule has 0 spiro atoms. The third-order valence-electron chi connectivity index (χ3n) is 3.44. The Kier molecular flexibility index (Phi) is 4.27. The van der Waals surface area contributed by atoms with Gasteiger partial charge < -0.3 is 15.2 Å². The molecule has 1 aliphatic heterocycles. The Morgan fingerprint density at radius 2 is 2.21 bits per heavy atom. The summed E-state index contributed by atoms with van der Waals surface area (Å²) < 4.78 is 5.34. The van der Waals surface area contributed by atoms with Crippen LogP contribution in [-0.4, -0.2) is 35.8 Å². The number of carbonyl (C=O) groups is 1. The van der Waals surface area contributed by atoms with E-state index in [1.165, 1.54) is 12.1 Å². The molecule has 1 aromatic heterocycles. The molecule has 2 rings (SSSR count). The van der Waals surface area contributed by atoms with Crippen molar-refractivity contribution in [3.8, 4) is 0 Å². The van der Waals surface area contributed by atoms with Gasteiger partial charge in [0.2, 0.25) is 0 Å². The molecule has 0 amide bonds. The average molecular weight is 285 g/mol. The van der Waals surface area contributed by atoms with E-state index in [-0.39, 0.29) is 16.1 Å². The second kappa shape index (κ2) is 5.75. The Morgan fingerprint density at radius 3 is 2.84 bits per heavy atom. The zero-order chi connectivity index (χ0) is 13.9. The normalized spacial score (nSPS) is 18.0. The Balaban J connectivity index is 2.04. The molecule has 2 N–H and O–H groups in total. The zero-order valence-corrected chi connectivity index (χ0v) is 11.5. The Labute approximate surface area is 116 Å². The zero-order valence-electron chi connectivity index (χ0n) is 10.8. The van der Waals surface area contributed by atoms with Crippen LogP contribution >= 0.6 is 11.6 Å². The minimum Gasteiger partial charge on any atom is -0.478 e. The molecule has 0 aromatic carbocycles. The molecule has 1 fully saturated rings. The fraction of sp³-hybridized carbons (Fsp3) is 0.538. The first-order valence-corrected chi connectivity index (χ1v) is 6.59. The summed E-state index contributed by atoms with van der Waals surface area (Å²) >= 11 is 5.82. The number of carboxylic acid groups (broad SMARTS) is 1.